The number of imidazole rings is 1. The molecule has 0 saturated heterocycles. The SMILES string of the molecule is Cc1cc(C=C(C#N)c2nc3ccccc3n2C)c(C)n1-c1ccc(Cl)c(C(F)(F)F)c1. The van der Waals surface area contributed by atoms with Crippen molar-refractivity contribution in [3.8, 4) is 11.8 Å². The molecule has 0 N–H and O–H groups in total. The van der Waals surface area contributed by atoms with E-state index in [-0.39, 0.29) is 5.02 Å². The van der Waals surface area contributed by atoms with Crippen LogP contribution in [0.4, 0.5) is 13.2 Å². The van der Waals surface area contributed by atoms with E-state index in [2.05, 4.69) is 11.1 Å². The van der Waals surface area contributed by atoms with Crippen LogP contribution in [0.15, 0.2) is 48.5 Å². The highest BCUT2D eigenvalue weighted by atomic mass is 35.5. The van der Waals surface area contributed by atoms with E-state index in [1.807, 2.05) is 41.9 Å². The van der Waals surface area contributed by atoms with Gasteiger partial charge < -0.3 is 9.13 Å². The van der Waals surface area contributed by atoms with Crippen molar-refractivity contribution in [3.63, 3.8) is 0 Å². The Morgan fingerprint density at radius 3 is 2.50 bits per heavy atom. The van der Waals surface area contributed by atoms with Crippen LogP contribution in [0.3, 0.4) is 0 Å². The molecule has 0 spiro atoms. The number of aromatic nitrogens is 3. The quantitative estimate of drug-likeness (QED) is 0.323. The number of halogens is 4. The van der Waals surface area contributed by atoms with E-state index in [1.54, 1.807) is 30.6 Å². The number of benzene rings is 2. The molecule has 2 aromatic carbocycles. The molecule has 4 nitrogen and oxygen atoms in total. The average molecular weight is 455 g/mol. The lowest BCUT2D eigenvalue weighted by atomic mass is 10.1. The number of hydrogen-bond acceptors (Lipinski definition) is 2. The number of fused-ring (bicyclic) bond motifs is 1. The minimum absolute atomic E-state index is 0.345. The van der Waals surface area contributed by atoms with Gasteiger partial charge in [0, 0.05) is 24.1 Å². The number of alkyl halides is 3. The second-order valence-corrected chi connectivity index (χ2v) is 7.88. The number of nitriles is 1. The van der Waals surface area contributed by atoms with E-state index in [4.69, 9.17) is 11.6 Å². The summed E-state index contributed by atoms with van der Waals surface area (Å²) in [7, 11) is 1.84. The maximum Gasteiger partial charge on any atom is 0.417 e. The van der Waals surface area contributed by atoms with E-state index in [9.17, 15) is 18.4 Å². The fraction of sp³-hybridized carbons (Fsp3) is 0.167. The van der Waals surface area contributed by atoms with Gasteiger partial charge in [0.05, 0.1) is 27.2 Å². The van der Waals surface area contributed by atoms with Gasteiger partial charge in [0.2, 0.25) is 0 Å². The number of rotatable bonds is 3. The van der Waals surface area contributed by atoms with Gasteiger partial charge in [0.25, 0.3) is 0 Å². The highest BCUT2D eigenvalue weighted by Gasteiger charge is 2.33. The Hall–Kier alpha value is -3.50. The first-order valence-corrected chi connectivity index (χ1v) is 10.1. The summed E-state index contributed by atoms with van der Waals surface area (Å²) in [6, 6.07) is 15.4. The average Bonchev–Trinajstić information content (AvgIpc) is 3.22. The Labute approximate surface area is 187 Å². The van der Waals surface area contributed by atoms with Crippen LogP contribution in [0.25, 0.3) is 28.4 Å². The molecule has 0 unspecified atom stereocenters. The van der Waals surface area contributed by atoms with Crippen molar-refractivity contribution < 1.29 is 13.2 Å². The third-order valence-electron chi connectivity index (χ3n) is 5.43. The summed E-state index contributed by atoms with van der Waals surface area (Å²) < 4.78 is 43.6. The monoisotopic (exact) mass is 454 g/mol. The summed E-state index contributed by atoms with van der Waals surface area (Å²) in [4.78, 5) is 4.57. The van der Waals surface area contributed by atoms with E-state index in [1.165, 1.54) is 6.07 Å². The lowest BCUT2D eigenvalue weighted by Crippen LogP contribution is -2.08. The van der Waals surface area contributed by atoms with Crippen LogP contribution >= 0.6 is 11.6 Å². The zero-order valence-corrected chi connectivity index (χ0v) is 18.3. The topological polar surface area (TPSA) is 46.5 Å². The molecule has 0 bridgehead atoms. The van der Waals surface area contributed by atoms with Gasteiger partial charge in [0.1, 0.15) is 6.07 Å². The Balaban J connectivity index is 1.83. The molecule has 0 fully saturated rings. The van der Waals surface area contributed by atoms with Crippen molar-refractivity contribution in [2.45, 2.75) is 20.0 Å². The minimum atomic E-state index is -4.56. The second-order valence-electron chi connectivity index (χ2n) is 7.48. The Morgan fingerprint density at radius 2 is 1.84 bits per heavy atom. The van der Waals surface area contributed by atoms with E-state index >= 15 is 0 Å². The largest absolute Gasteiger partial charge is 0.417 e. The van der Waals surface area contributed by atoms with Crippen molar-refractivity contribution in [3.05, 3.63) is 81.9 Å². The lowest BCUT2D eigenvalue weighted by Gasteiger charge is -2.14. The molecule has 0 aliphatic carbocycles. The van der Waals surface area contributed by atoms with Crippen molar-refractivity contribution >= 4 is 34.3 Å². The highest BCUT2D eigenvalue weighted by Crippen LogP contribution is 2.36. The summed E-state index contributed by atoms with van der Waals surface area (Å²) in [5.74, 6) is 0.518. The van der Waals surface area contributed by atoms with Gasteiger partial charge in [-0.2, -0.15) is 18.4 Å². The second kappa shape index (κ2) is 7.88. The fourth-order valence-electron chi connectivity index (χ4n) is 3.89. The normalized spacial score (nSPS) is 12.4. The molecule has 0 atom stereocenters. The zero-order valence-electron chi connectivity index (χ0n) is 17.5. The molecule has 162 valence electrons. The Kier molecular flexibility index (Phi) is 5.35. The van der Waals surface area contributed by atoms with E-state index < -0.39 is 11.7 Å². The molecule has 8 heteroatoms. The van der Waals surface area contributed by atoms with Crippen LogP contribution in [0.5, 0.6) is 0 Å². The van der Waals surface area contributed by atoms with Crippen LogP contribution in [-0.4, -0.2) is 14.1 Å². The molecule has 4 aromatic rings. The smallest absolute Gasteiger partial charge is 0.327 e. The number of hydrogen-bond donors (Lipinski definition) is 0. The van der Waals surface area contributed by atoms with Crippen molar-refractivity contribution in [2.75, 3.05) is 0 Å². The molecule has 0 aliphatic heterocycles. The molecule has 0 radical (unpaired) electrons. The fourth-order valence-corrected chi connectivity index (χ4v) is 4.11. The standard InChI is InChI=1S/C24H18ClF3N4/c1-14-10-16(11-17(13-29)23-30-21-6-4-5-7-22(21)31(23)3)15(2)32(14)18-8-9-20(25)19(12-18)24(26,27)28/h4-12H,1-3H3. The third kappa shape index (κ3) is 3.67. The molecule has 0 saturated carbocycles. The van der Waals surface area contributed by atoms with Crippen LogP contribution in [0, 0.1) is 25.2 Å². The number of allylic oxidation sites excluding steroid dienone is 1. The van der Waals surface area contributed by atoms with Crippen molar-refractivity contribution in [1.82, 2.24) is 14.1 Å². The van der Waals surface area contributed by atoms with Crippen molar-refractivity contribution in [2.24, 2.45) is 7.05 Å². The van der Waals surface area contributed by atoms with Crippen LogP contribution in [0.2, 0.25) is 5.02 Å². The predicted molar refractivity (Wildman–Crippen MR) is 119 cm³/mol. The summed E-state index contributed by atoms with van der Waals surface area (Å²) >= 11 is 5.77. The van der Waals surface area contributed by atoms with Gasteiger partial charge in [-0.05, 0) is 61.9 Å². The van der Waals surface area contributed by atoms with Gasteiger partial charge in [-0.3, -0.25) is 0 Å². The van der Waals surface area contributed by atoms with Gasteiger partial charge in [-0.1, -0.05) is 23.7 Å². The number of para-hydroxylation sites is 2. The van der Waals surface area contributed by atoms with Crippen LogP contribution in [0.1, 0.15) is 28.3 Å². The molecule has 2 aromatic heterocycles. The van der Waals surface area contributed by atoms with Gasteiger partial charge >= 0.3 is 6.18 Å². The first kappa shape index (κ1) is 21.7. The summed E-state index contributed by atoms with van der Waals surface area (Å²) in [6.07, 6.45) is -2.85. The maximum absolute atomic E-state index is 13.3. The van der Waals surface area contributed by atoms with Gasteiger partial charge in [0.15, 0.2) is 5.82 Å². The first-order valence-electron chi connectivity index (χ1n) is 9.71. The Morgan fingerprint density at radius 1 is 1.12 bits per heavy atom. The van der Waals surface area contributed by atoms with Crippen LogP contribution < -0.4 is 0 Å². The predicted octanol–water partition coefficient (Wildman–Crippen LogP) is 6.72. The maximum atomic E-state index is 13.3. The highest BCUT2D eigenvalue weighted by molar-refractivity contribution is 6.31. The van der Waals surface area contributed by atoms with Gasteiger partial charge in [-0.15, -0.1) is 0 Å². The van der Waals surface area contributed by atoms with E-state index in [0.717, 1.165) is 28.4 Å². The molecule has 32 heavy (non-hydrogen) atoms. The molecular formula is C24H18ClF3N4. The molecule has 2 heterocycles. The number of aryl methyl sites for hydroxylation is 2. The molecule has 0 amide bonds. The van der Waals surface area contributed by atoms with Crippen LogP contribution in [-0.2, 0) is 13.2 Å². The third-order valence-corrected chi connectivity index (χ3v) is 5.76. The molecule has 0 aliphatic rings. The summed E-state index contributed by atoms with van der Waals surface area (Å²) in [6.45, 7) is 3.60. The van der Waals surface area contributed by atoms with Gasteiger partial charge in [-0.25, -0.2) is 4.98 Å². The summed E-state index contributed by atoms with van der Waals surface area (Å²) in [5, 5.41) is 9.46. The summed E-state index contributed by atoms with van der Waals surface area (Å²) in [5.41, 5.74) is 3.63. The molecule has 4 rings (SSSR count). The van der Waals surface area contributed by atoms with E-state index in [0.29, 0.717) is 22.8 Å². The lowest BCUT2D eigenvalue weighted by molar-refractivity contribution is -0.137. The van der Waals surface area contributed by atoms with Crippen molar-refractivity contribution in [1.29, 1.82) is 5.26 Å². The minimum Gasteiger partial charge on any atom is -0.327 e. The zero-order chi connectivity index (χ0) is 23.2. The Bertz CT molecular complexity index is 1420. The molecular weight excluding hydrogens is 437 g/mol. The first-order chi connectivity index (χ1) is 15.1. The number of nitrogens with zero attached hydrogens (tertiary/aromatic N) is 4.